The summed E-state index contributed by atoms with van der Waals surface area (Å²) >= 11 is 0. The van der Waals surface area contributed by atoms with Gasteiger partial charge < -0.3 is 0 Å². The maximum absolute atomic E-state index is 2.96. The van der Waals surface area contributed by atoms with Gasteiger partial charge >= 0.3 is 0 Å². The summed E-state index contributed by atoms with van der Waals surface area (Å²) in [5, 5.41) is 0. The maximum atomic E-state index is 2.96. The summed E-state index contributed by atoms with van der Waals surface area (Å²) in [6, 6.07) is 10.7. The molecule has 0 aliphatic carbocycles. The molecule has 1 atom stereocenters. The fourth-order valence-electron chi connectivity index (χ4n) is 1.49. The number of benzene rings is 1. The van der Waals surface area contributed by atoms with Gasteiger partial charge in [0, 0.05) is 10.2 Å². The van der Waals surface area contributed by atoms with Crippen LogP contribution in [0.4, 0.5) is 0 Å². The van der Waals surface area contributed by atoms with Crippen molar-refractivity contribution in [1.29, 1.82) is 0 Å². The Kier molecular flexibility index (Phi) is 4.84. The molecule has 0 heterocycles. The summed E-state index contributed by atoms with van der Waals surface area (Å²) in [5.74, 6) is 0. The van der Waals surface area contributed by atoms with Gasteiger partial charge in [-0.2, -0.15) is 0 Å². The molecule has 70 valence electrons. The first kappa shape index (κ1) is 10.5. The van der Waals surface area contributed by atoms with Crippen LogP contribution in [0, 0.1) is 0 Å². The van der Waals surface area contributed by atoms with Gasteiger partial charge in [0.15, 0.2) is 0 Å². The Balaban J connectivity index is 2.32. The molecule has 1 aromatic carbocycles. The number of hydrogen-bond acceptors (Lipinski definition) is 0. The molecule has 0 spiro atoms. The largest absolute Gasteiger partial charge is 0.0654 e. The molecule has 1 aromatic rings. The molecule has 13 heavy (non-hydrogen) atoms. The Morgan fingerprint density at radius 2 is 1.92 bits per heavy atom. The van der Waals surface area contributed by atoms with Crippen LogP contribution in [0.25, 0.3) is 0 Å². The van der Waals surface area contributed by atoms with Crippen molar-refractivity contribution in [2.24, 2.45) is 0 Å². The van der Waals surface area contributed by atoms with E-state index in [2.05, 4.69) is 47.5 Å². The van der Waals surface area contributed by atoms with Gasteiger partial charge in [0.25, 0.3) is 0 Å². The van der Waals surface area contributed by atoms with E-state index in [9.17, 15) is 0 Å². The fraction of sp³-hybridized carbons (Fsp3) is 0.500. The predicted octanol–water partition coefficient (Wildman–Crippen LogP) is 3.11. The summed E-state index contributed by atoms with van der Waals surface area (Å²) < 4.78 is 0. The first-order valence-electron chi connectivity index (χ1n) is 5.12. The fourth-order valence-corrected chi connectivity index (χ4v) is 1.99. The molecule has 1 heteroatoms. The highest BCUT2D eigenvalue weighted by Gasteiger charge is 2.01. The van der Waals surface area contributed by atoms with E-state index < -0.39 is 0 Å². The Morgan fingerprint density at radius 3 is 2.54 bits per heavy atom. The van der Waals surface area contributed by atoms with Gasteiger partial charge in [-0.1, -0.05) is 56.5 Å². The van der Waals surface area contributed by atoms with E-state index in [1.165, 1.54) is 31.2 Å². The smallest absolute Gasteiger partial charge is 0.0191 e. The van der Waals surface area contributed by atoms with Crippen molar-refractivity contribution in [1.82, 2.24) is 0 Å². The second kappa shape index (κ2) is 5.98. The Hall–Kier alpha value is -0.563. The van der Waals surface area contributed by atoms with Crippen molar-refractivity contribution in [3.63, 3.8) is 0 Å². The van der Waals surface area contributed by atoms with Crippen LogP contribution in [0.5, 0.6) is 0 Å². The zero-order chi connectivity index (χ0) is 9.52. The Morgan fingerprint density at radius 1 is 1.23 bits per heavy atom. The van der Waals surface area contributed by atoms with Crippen molar-refractivity contribution in [3.05, 3.63) is 35.9 Å². The summed E-state index contributed by atoms with van der Waals surface area (Å²) in [6.45, 7) is 2.25. The normalized spacial score (nSPS) is 12.8. The number of hydrogen-bond donors (Lipinski definition) is 0. The molecule has 1 rings (SSSR count). The molecular weight excluding hydrogens is 172 g/mol. The van der Waals surface area contributed by atoms with Gasteiger partial charge in [-0.25, -0.2) is 0 Å². The minimum Gasteiger partial charge on any atom is -0.0654 e. The summed E-state index contributed by atoms with van der Waals surface area (Å²) in [7, 11) is 2.96. The lowest BCUT2D eigenvalue weighted by Gasteiger charge is -2.09. The van der Waals surface area contributed by atoms with E-state index in [4.69, 9.17) is 0 Å². The molecular formula is C12H18Si. The van der Waals surface area contributed by atoms with Crippen molar-refractivity contribution in [2.75, 3.05) is 0 Å². The van der Waals surface area contributed by atoms with E-state index in [1.807, 2.05) is 0 Å². The van der Waals surface area contributed by atoms with E-state index in [1.54, 1.807) is 0 Å². The van der Waals surface area contributed by atoms with Crippen LogP contribution in [-0.4, -0.2) is 10.2 Å². The van der Waals surface area contributed by atoms with Crippen LogP contribution in [0.1, 0.15) is 31.7 Å². The highest BCUT2D eigenvalue weighted by molar-refractivity contribution is 6.11. The molecule has 2 radical (unpaired) electrons. The Bertz CT molecular complexity index is 218. The van der Waals surface area contributed by atoms with Crippen LogP contribution in [0.15, 0.2) is 30.3 Å². The van der Waals surface area contributed by atoms with Gasteiger partial charge in [0.2, 0.25) is 0 Å². The molecule has 0 amide bonds. The first-order chi connectivity index (χ1) is 6.33. The van der Waals surface area contributed by atoms with Gasteiger partial charge in [-0.05, 0) is 17.5 Å². The second-order valence-corrected chi connectivity index (χ2v) is 4.53. The molecule has 0 N–H and O–H groups in total. The van der Waals surface area contributed by atoms with Crippen LogP contribution < -0.4 is 0 Å². The molecule has 0 saturated heterocycles. The molecule has 0 aliphatic rings. The van der Waals surface area contributed by atoms with Crippen molar-refractivity contribution < 1.29 is 0 Å². The lowest BCUT2D eigenvalue weighted by atomic mass is 10.1. The highest BCUT2D eigenvalue weighted by atomic mass is 28.1. The topological polar surface area (TPSA) is 0 Å². The minimum absolute atomic E-state index is 0.752. The lowest BCUT2D eigenvalue weighted by molar-refractivity contribution is 0.665. The van der Waals surface area contributed by atoms with Crippen LogP contribution in [-0.2, 0) is 6.42 Å². The number of unbranched alkanes of at least 4 members (excludes halogenated alkanes) is 1. The van der Waals surface area contributed by atoms with E-state index in [0.29, 0.717) is 0 Å². The number of rotatable bonds is 5. The average molecular weight is 190 g/mol. The third-order valence-corrected chi connectivity index (χ3v) is 2.84. The van der Waals surface area contributed by atoms with Crippen LogP contribution in [0.3, 0.4) is 0 Å². The van der Waals surface area contributed by atoms with Crippen molar-refractivity contribution >= 4 is 10.2 Å². The van der Waals surface area contributed by atoms with Gasteiger partial charge in [0.1, 0.15) is 0 Å². The van der Waals surface area contributed by atoms with Gasteiger partial charge in [-0.3, -0.25) is 0 Å². The van der Waals surface area contributed by atoms with Gasteiger partial charge in [-0.15, -0.1) is 0 Å². The van der Waals surface area contributed by atoms with Crippen LogP contribution in [0.2, 0.25) is 5.54 Å². The quantitative estimate of drug-likeness (QED) is 0.626. The van der Waals surface area contributed by atoms with E-state index in [-0.39, 0.29) is 0 Å². The average Bonchev–Trinajstić information content (AvgIpc) is 2.16. The molecule has 0 bridgehead atoms. The highest BCUT2D eigenvalue weighted by Crippen LogP contribution is 2.16. The molecule has 0 nitrogen and oxygen atoms in total. The molecule has 1 unspecified atom stereocenters. The zero-order valence-corrected chi connectivity index (χ0v) is 9.52. The summed E-state index contributed by atoms with van der Waals surface area (Å²) in [5.41, 5.74) is 2.21. The summed E-state index contributed by atoms with van der Waals surface area (Å²) in [4.78, 5) is 0. The molecule has 0 saturated carbocycles. The molecule has 0 fully saturated rings. The first-order valence-corrected chi connectivity index (χ1v) is 5.79. The van der Waals surface area contributed by atoms with Crippen LogP contribution >= 0.6 is 0 Å². The zero-order valence-electron chi connectivity index (χ0n) is 8.37. The van der Waals surface area contributed by atoms with Crippen molar-refractivity contribution in [3.8, 4) is 0 Å². The summed E-state index contributed by atoms with van der Waals surface area (Å²) in [6.07, 6.45) is 5.18. The minimum atomic E-state index is 0.752. The van der Waals surface area contributed by atoms with Gasteiger partial charge in [0.05, 0.1) is 0 Å². The lowest BCUT2D eigenvalue weighted by Crippen LogP contribution is -1.97. The molecule has 0 aliphatic heterocycles. The Labute approximate surface area is 84.8 Å². The third kappa shape index (κ3) is 4.27. The molecule has 0 aromatic heterocycles. The SMILES string of the molecule is CCCCC([SiH])Cc1ccccc1. The monoisotopic (exact) mass is 190 g/mol. The third-order valence-electron chi connectivity index (χ3n) is 2.27. The predicted molar refractivity (Wildman–Crippen MR) is 60.6 cm³/mol. The van der Waals surface area contributed by atoms with E-state index in [0.717, 1.165) is 5.54 Å². The maximum Gasteiger partial charge on any atom is 0.0191 e. The van der Waals surface area contributed by atoms with Crippen molar-refractivity contribution in [2.45, 2.75) is 38.1 Å². The van der Waals surface area contributed by atoms with E-state index >= 15 is 0 Å². The second-order valence-electron chi connectivity index (χ2n) is 3.59. The standard InChI is InChI=1S/C12H18Si/c1-2-3-9-12(13)10-11-7-5-4-6-8-11/h4-8,12-13H,2-3,9-10H2,1H3.